The van der Waals surface area contributed by atoms with Gasteiger partial charge in [0.15, 0.2) is 5.69 Å². The molecule has 2 heterocycles. The van der Waals surface area contributed by atoms with Gasteiger partial charge < -0.3 is 9.80 Å². The highest BCUT2D eigenvalue weighted by Crippen LogP contribution is 2.24. The van der Waals surface area contributed by atoms with Gasteiger partial charge in [-0.3, -0.25) is 9.89 Å². The molecular formula is C17H20N4O. The Morgan fingerprint density at radius 3 is 2.59 bits per heavy atom. The molecule has 1 aromatic carbocycles. The zero-order valence-electron chi connectivity index (χ0n) is 12.6. The number of hydrogen-bond acceptors (Lipinski definition) is 3. The lowest BCUT2D eigenvalue weighted by atomic mass is 10.1. The van der Waals surface area contributed by atoms with Gasteiger partial charge in [-0.2, -0.15) is 5.10 Å². The van der Waals surface area contributed by atoms with Crippen LogP contribution in [0.1, 0.15) is 28.2 Å². The summed E-state index contributed by atoms with van der Waals surface area (Å²) in [7, 11) is 0. The van der Waals surface area contributed by atoms with Crippen molar-refractivity contribution in [1.82, 2.24) is 15.1 Å². The van der Waals surface area contributed by atoms with Gasteiger partial charge >= 0.3 is 0 Å². The summed E-state index contributed by atoms with van der Waals surface area (Å²) in [4.78, 5) is 17.0. The zero-order valence-corrected chi connectivity index (χ0v) is 12.6. The molecule has 2 aliphatic rings. The van der Waals surface area contributed by atoms with Gasteiger partial charge in [0.05, 0.1) is 0 Å². The first-order valence-corrected chi connectivity index (χ1v) is 7.98. The SMILES string of the molecule is O=C(c1n[nH]c2c1CCC2)N1CCN(c2ccccc2)CC1. The van der Waals surface area contributed by atoms with Crippen LogP contribution in [0.25, 0.3) is 0 Å². The van der Waals surface area contributed by atoms with Crippen molar-refractivity contribution in [2.24, 2.45) is 0 Å². The van der Waals surface area contributed by atoms with Gasteiger partial charge in [0.1, 0.15) is 0 Å². The monoisotopic (exact) mass is 296 g/mol. The van der Waals surface area contributed by atoms with Crippen LogP contribution >= 0.6 is 0 Å². The number of nitrogens with zero attached hydrogens (tertiary/aromatic N) is 3. The average Bonchev–Trinajstić information content (AvgIpc) is 3.18. The van der Waals surface area contributed by atoms with Crippen LogP contribution in [-0.4, -0.2) is 47.2 Å². The number of piperazine rings is 1. The van der Waals surface area contributed by atoms with Crippen LogP contribution in [0.2, 0.25) is 0 Å². The van der Waals surface area contributed by atoms with E-state index in [0.29, 0.717) is 5.69 Å². The van der Waals surface area contributed by atoms with Crippen LogP contribution in [-0.2, 0) is 12.8 Å². The van der Waals surface area contributed by atoms with Crippen LogP contribution < -0.4 is 4.90 Å². The fourth-order valence-electron chi connectivity index (χ4n) is 3.45. The van der Waals surface area contributed by atoms with Crippen LogP contribution in [0.5, 0.6) is 0 Å². The van der Waals surface area contributed by atoms with E-state index in [4.69, 9.17) is 0 Å². The second-order valence-electron chi connectivity index (χ2n) is 6.00. The Bertz CT molecular complexity index is 671. The summed E-state index contributed by atoms with van der Waals surface area (Å²) >= 11 is 0. The van der Waals surface area contributed by atoms with Gasteiger partial charge in [0.2, 0.25) is 0 Å². The number of H-pyrrole nitrogens is 1. The third kappa shape index (κ3) is 2.26. The maximum Gasteiger partial charge on any atom is 0.274 e. The van der Waals surface area contributed by atoms with E-state index < -0.39 is 0 Å². The molecule has 0 spiro atoms. The fourth-order valence-corrected chi connectivity index (χ4v) is 3.45. The van der Waals surface area contributed by atoms with Crippen molar-refractivity contribution in [2.75, 3.05) is 31.1 Å². The number of anilines is 1. The summed E-state index contributed by atoms with van der Waals surface area (Å²) in [6.07, 6.45) is 3.14. The molecule has 1 amide bonds. The number of carbonyl (C=O) groups excluding carboxylic acids is 1. The molecule has 0 unspecified atom stereocenters. The second-order valence-corrected chi connectivity index (χ2v) is 6.00. The molecule has 2 aromatic rings. The summed E-state index contributed by atoms with van der Waals surface area (Å²) in [6, 6.07) is 10.4. The molecule has 22 heavy (non-hydrogen) atoms. The van der Waals surface area contributed by atoms with Gasteiger partial charge in [-0.05, 0) is 31.4 Å². The molecule has 0 atom stereocenters. The molecule has 5 heteroatoms. The highest BCUT2D eigenvalue weighted by atomic mass is 16.2. The minimum absolute atomic E-state index is 0.0899. The van der Waals surface area contributed by atoms with E-state index in [1.54, 1.807) is 0 Å². The second kappa shape index (κ2) is 5.48. The molecule has 1 saturated heterocycles. The molecule has 5 nitrogen and oxygen atoms in total. The number of nitrogens with one attached hydrogen (secondary N) is 1. The average molecular weight is 296 g/mol. The van der Waals surface area contributed by atoms with Crippen molar-refractivity contribution in [2.45, 2.75) is 19.3 Å². The lowest BCUT2D eigenvalue weighted by Crippen LogP contribution is -2.49. The van der Waals surface area contributed by atoms with Crippen molar-refractivity contribution in [3.05, 3.63) is 47.3 Å². The number of hydrogen-bond donors (Lipinski definition) is 1. The quantitative estimate of drug-likeness (QED) is 0.920. The van der Waals surface area contributed by atoms with Gasteiger partial charge in [-0.15, -0.1) is 0 Å². The molecule has 1 aromatic heterocycles. The number of para-hydroxylation sites is 1. The Hall–Kier alpha value is -2.30. The predicted molar refractivity (Wildman–Crippen MR) is 85.2 cm³/mol. The van der Waals surface area contributed by atoms with E-state index in [1.165, 1.54) is 5.69 Å². The fraction of sp³-hybridized carbons (Fsp3) is 0.412. The lowest BCUT2D eigenvalue weighted by molar-refractivity contribution is 0.0739. The molecule has 114 valence electrons. The summed E-state index contributed by atoms with van der Waals surface area (Å²) in [5, 5.41) is 7.29. The number of rotatable bonds is 2. The minimum atomic E-state index is 0.0899. The van der Waals surface area contributed by atoms with Gasteiger partial charge in [-0.1, -0.05) is 18.2 Å². The number of fused-ring (bicyclic) bond motifs is 1. The number of amides is 1. The van der Waals surface area contributed by atoms with E-state index in [0.717, 1.165) is 56.7 Å². The Morgan fingerprint density at radius 1 is 1.05 bits per heavy atom. The summed E-state index contributed by atoms with van der Waals surface area (Å²) < 4.78 is 0. The maximum absolute atomic E-state index is 12.7. The normalized spacial score (nSPS) is 17.6. The van der Waals surface area contributed by atoms with Crippen molar-refractivity contribution in [3.8, 4) is 0 Å². The number of aromatic amines is 1. The van der Waals surface area contributed by atoms with Gasteiger partial charge in [0.25, 0.3) is 5.91 Å². The van der Waals surface area contributed by atoms with E-state index in [-0.39, 0.29) is 5.91 Å². The van der Waals surface area contributed by atoms with Gasteiger partial charge in [0, 0.05) is 43.1 Å². The maximum atomic E-state index is 12.7. The summed E-state index contributed by atoms with van der Waals surface area (Å²) in [5.41, 5.74) is 4.19. The largest absolute Gasteiger partial charge is 0.368 e. The number of aromatic nitrogens is 2. The lowest BCUT2D eigenvalue weighted by Gasteiger charge is -2.35. The highest BCUT2D eigenvalue weighted by Gasteiger charge is 2.28. The van der Waals surface area contributed by atoms with Crippen molar-refractivity contribution in [1.29, 1.82) is 0 Å². The molecule has 1 fully saturated rings. The van der Waals surface area contributed by atoms with Crippen molar-refractivity contribution < 1.29 is 4.79 Å². The molecule has 0 bridgehead atoms. The first-order chi connectivity index (χ1) is 10.8. The Labute approximate surface area is 129 Å². The Morgan fingerprint density at radius 2 is 1.82 bits per heavy atom. The van der Waals surface area contributed by atoms with E-state index in [2.05, 4.69) is 39.4 Å². The number of carbonyl (C=O) groups is 1. The Kier molecular flexibility index (Phi) is 3.33. The topological polar surface area (TPSA) is 52.2 Å². The molecule has 1 N–H and O–H groups in total. The van der Waals surface area contributed by atoms with E-state index in [9.17, 15) is 4.79 Å². The van der Waals surface area contributed by atoms with Crippen LogP contribution in [0.15, 0.2) is 30.3 Å². The zero-order chi connectivity index (χ0) is 14.9. The number of aryl methyl sites for hydroxylation is 1. The first kappa shape index (κ1) is 13.4. The van der Waals surface area contributed by atoms with Gasteiger partial charge in [-0.25, -0.2) is 0 Å². The predicted octanol–water partition coefficient (Wildman–Crippen LogP) is 1.86. The van der Waals surface area contributed by atoms with Crippen LogP contribution in [0.4, 0.5) is 5.69 Å². The molecule has 4 rings (SSSR count). The highest BCUT2D eigenvalue weighted by molar-refractivity contribution is 5.94. The standard InChI is InChI=1S/C17H20N4O/c22-17(16-14-7-4-8-15(14)18-19-16)21-11-9-20(10-12-21)13-5-2-1-3-6-13/h1-3,5-6H,4,7-12H2,(H,18,19). The Balaban J connectivity index is 1.44. The summed E-state index contributed by atoms with van der Waals surface area (Å²) in [5.74, 6) is 0.0899. The van der Waals surface area contributed by atoms with Crippen molar-refractivity contribution in [3.63, 3.8) is 0 Å². The molecule has 1 aliphatic carbocycles. The van der Waals surface area contributed by atoms with Crippen LogP contribution in [0.3, 0.4) is 0 Å². The van der Waals surface area contributed by atoms with E-state index >= 15 is 0 Å². The molecular weight excluding hydrogens is 276 g/mol. The van der Waals surface area contributed by atoms with E-state index in [1.807, 2.05) is 11.0 Å². The molecule has 0 radical (unpaired) electrons. The molecule has 1 aliphatic heterocycles. The van der Waals surface area contributed by atoms with Crippen molar-refractivity contribution >= 4 is 11.6 Å². The third-order valence-electron chi connectivity index (χ3n) is 4.70. The number of benzene rings is 1. The third-order valence-corrected chi connectivity index (χ3v) is 4.70. The molecule has 0 saturated carbocycles. The summed E-state index contributed by atoms with van der Waals surface area (Å²) in [6.45, 7) is 3.27. The smallest absolute Gasteiger partial charge is 0.274 e. The minimum Gasteiger partial charge on any atom is -0.368 e. The first-order valence-electron chi connectivity index (χ1n) is 7.98. The van der Waals surface area contributed by atoms with Crippen LogP contribution in [0, 0.1) is 0 Å².